The van der Waals surface area contributed by atoms with Gasteiger partial charge in [0.15, 0.2) is 11.6 Å². The molecule has 6 aromatic rings. The number of fused-ring (bicyclic) bond motifs is 15. The number of H-pyrrole nitrogens is 2. The van der Waals surface area contributed by atoms with Crippen LogP contribution in [0.5, 0.6) is 0 Å². The van der Waals surface area contributed by atoms with E-state index in [-0.39, 0.29) is 23.0 Å². The molecule has 0 saturated heterocycles. The molecule has 6 bridgehead atoms. The zero-order valence-electron chi connectivity index (χ0n) is 18.1. The van der Waals surface area contributed by atoms with Gasteiger partial charge in [-0.05, 0) is 12.1 Å². The summed E-state index contributed by atoms with van der Waals surface area (Å²) in [5, 5.41) is 25.6. The lowest BCUT2D eigenvalue weighted by atomic mass is 10.1. The molecule has 0 radical (unpaired) electrons. The van der Waals surface area contributed by atoms with Gasteiger partial charge in [-0.3, -0.25) is 20.2 Å². The first-order chi connectivity index (χ1) is 17.5. The second-order valence-corrected chi connectivity index (χ2v) is 8.26. The fourth-order valence-corrected chi connectivity index (χ4v) is 4.53. The summed E-state index contributed by atoms with van der Waals surface area (Å²) < 4.78 is 0. The number of hydrogen-bond acceptors (Lipinski definition) is 8. The molecule has 3 aromatic carbocycles. The number of nitrogens with one attached hydrogen (secondary N) is 2. The first-order valence-electron chi connectivity index (χ1n) is 10.8. The van der Waals surface area contributed by atoms with Crippen LogP contribution in [0.15, 0.2) is 60.7 Å². The molecule has 3 aromatic heterocycles. The quantitative estimate of drug-likeness (QED) is 0.256. The number of aromatic nitrogens is 6. The Morgan fingerprint density at radius 3 is 1.75 bits per heavy atom. The van der Waals surface area contributed by atoms with Crippen LogP contribution in [0.1, 0.15) is 0 Å². The molecular weight excluding hydrogens is 464 g/mol. The smallest absolute Gasteiger partial charge is 0.270 e. The van der Waals surface area contributed by atoms with Crippen molar-refractivity contribution in [2.75, 3.05) is 0 Å². The maximum Gasteiger partial charge on any atom is 0.270 e. The number of nitro benzene ring substituents is 2. The molecule has 2 N–H and O–H groups in total. The van der Waals surface area contributed by atoms with Gasteiger partial charge in [-0.25, -0.2) is 19.9 Å². The fraction of sp³-hybridized carbons (Fsp3) is 0. The summed E-state index contributed by atoms with van der Waals surface area (Å²) in [5.74, 6) is 0.533. The van der Waals surface area contributed by atoms with E-state index < -0.39 is 9.85 Å². The van der Waals surface area contributed by atoms with Crippen molar-refractivity contribution >= 4 is 55.5 Å². The Bertz CT molecular complexity index is 2030. The number of non-ortho nitro benzene ring substituents is 2. The Kier molecular flexibility index (Phi) is 3.87. The topological polar surface area (TPSA) is 169 Å². The molecular formula is C24H12N8O4. The lowest BCUT2D eigenvalue weighted by molar-refractivity contribution is -0.384. The predicted molar refractivity (Wildman–Crippen MR) is 132 cm³/mol. The highest BCUT2D eigenvalue weighted by Crippen LogP contribution is 2.37. The van der Waals surface area contributed by atoms with E-state index in [2.05, 4.69) is 19.9 Å². The highest BCUT2D eigenvalue weighted by atomic mass is 16.6. The van der Waals surface area contributed by atoms with E-state index in [1.54, 1.807) is 12.1 Å². The van der Waals surface area contributed by atoms with Gasteiger partial charge in [0, 0.05) is 56.9 Å². The summed E-state index contributed by atoms with van der Waals surface area (Å²) in [4.78, 5) is 47.1. The van der Waals surface area contributed by atoms with Crippen molar-refractivity contribution in [3.63, 3.8) is 0 Å². The molecule has 7 rings (SSSR count). The van der Waals surface area contributed by atoms with Crippen LogP contribution in [0.2, 0.25) is 0 Å². The Labute approximate surface area is 199 Å². The van der Waals surface area contributed by atoms with Crippen LogP contribution < -0.4 is 0 Å². The molecule has 0 fully saturated rings. The van der Waals surface area contributed by atoms with Crippen molar-refractivity contribution in [1.29, 1.82) is 0 Å². The molecule has 4 heterocycles. The van der Waals surface area contributed by atoms with Crippen LogP contribution in [0, 0.1) is 20.2 Å². The zero-order chi connectivity index (χ0) is 24.6. The lowest BCUT2D eigenvalue weighted by Gasteiger charge is -1.98. The van der Waals surface area contributed by atoms with Gasteiger partial charge < -0.3 is 9.97 Å². The minimum Gasteiger partial charge on any atom is -0.324 e. The highest BCUT2D eigenvalue weighted by molar-refractivity contribution is 6.08. The van der Waals surface area contributed by atoms with Crippen molar-refractivity contribution in [1.82, 2.24) is 29.9 Å². The molecule has 12 nitrogen and oxygen atoms in total. The van der Waals surface area contributed by atoms with Crippen LogP contribution >= 0.6 is 0 Å². The van der Waals surface area contributed by atoms with E-state index in [0.717, 1.165) is 10.8 Å². The minimum atomic E-state index is -0.480. The fourth-order valence-electron chi connectivity index (χ4n) is 4.53. The largest absolute Gasteiger partial charge is 0.324 e. The van der Waals surface area contributed by atoms with Crippen molar-refractivity contribution < 1.29 is 9.85 Å². The number of nitrogens with zero attached hydrogens (tertiary/aromatic N) is 6. The Balaban J connectivity index is 1.71. The molecule has 0 spiro atoms. The lowest BCUT2D eigenvalue weighted by Crippen LogP contribution is -1.89. The van der Waals surface area contributed by atoms with E-state index in [9.17, 15) is 20.2 Å². The molecule has 0 aliphatic carbocycles. The SMILES string of the molecule is O=[N+]([O-])c1ccc2c(c1)-c1nc-2nc2[nH]c(nc3[nH]c(n1)c1ccccc31)c1ccc([N+](=O)[O-])cc21. The minimum absolute atomic E-state index is 0.0898. The van der Waals surface area contributed by atoms with Crippen LogP contribution in [0.4, 0.5) is 11.4 Å². The average Bonchev–Trinajstić information content (AvgIpc) is 3.51. The summed E-state index contributed by atoms with van der Waals surface area (Å²) in [5.41, 5.74) is 2.64. The summed E-state index contributed by atoms with van der Waals surface area (Å²) in [6.45, 7) is 0. The maximum absolute atomic E-state index is 11.5. The standard InChI is InChI=1S/C24H12N8O4/c33-31(34)11-5-7-15-17(9-11)24-28-21(15)26-19-13-3-1-2-4-14(13)20(25-19)27-23-18-10-12(32(35)36)6-8-16(18)22(29-23)30-24/h1-10H,(H2,25,26,27,28,29,30). The Morgan fingerprint density at radius 2 is 1.08 bits per heavy atom. The number of aromatic amines is 2. The molecule has 0 unspecified atom stereocenters. The van der Waals surface area contributed by atoms with E-state index in [4.69, 9.17) is 9.97 Å². The normalized spacial score (nSPS) is 11.8. The molecule has 1 aliphatic heterocycles. The van der Waals surface area contributed by atoms with Gasteiger partial charge in [0.1, 0.15) is 22.6 Å². The van der Waals surface area contributed by atoms with Gasteiger partial charge in [-0.15, -0.1) is 0 Å². The number of benzene rings is 3. The van der Waals surface area contributed by atoms with Gasteiger partial charge in [-0.2, -0.15) is 0 Å². The van der Waals surface area contributed by atoms with Crippen LogP contribution in [0.25, 0.3) is 66.9 Å². The van der Waals surface area contributed by atoms with Gasteiger partial charge in [0.2, 0.25) is 0 Å². The van der Waals surface area contributed by atoms with Crippen LogP contribution in [-0.4, -0.2) is 39.8 Å². The molecule has 36 heavy (non-hydrogen) atoms. The summed E-state index contributed by atoms with van der Waals surface area (Å²) in [6.07, 6.45) is 0. The molecule has 0 saturated carbocycles. The Morgan fingerprint density at radius 1 is 0.556 bits per heavy atom. The van der Waals surface area contributed by atoms with Gasteiger partial charge in [-0.1, -0.05) is 24.3 Å². The van der Waals surface area contributed by atoms with Crippen LogP contribution in [0.3, 0.4) is 0 Å². The van der Waals surface area contributed by atoms with Gasteiger partial charge in [0.25, 0.3) is 11.4 Å². The first kappa shape index (κ1) is 19.9. The predicted octanol–water partition coefficient (Wildman–Crippen LogP) is 5.12. The first-order valence-corrected chi connectivity index (χ1v) is 10.8. The van der Waals surface area contributed by atoms with E-state index in [0.29, 0.717) is 44.5 Å². The molecule has 0 amide bonds. The zero-order valence-corrected chi connectivity index (χ0v) is 18.1. The van der Waals surface area contributed by atoms with E-state index in [1.807, 2.05) is 24.3 Å². The summed E-state index contributed by atoms with van der Waals surface area (Å²) >= 11 is 0. The van der Waals surface area contributed by atoms with E-state index in [1.165, 1.54) is 24.3 Å². The third kappa shape index (κ3) is 2.81. The number of hydrogen-bond donors (Lipinski definition) is 2. The van der Waals surface area contributed by atoms with E-state index >= 15 is 0 Å². The third-order valence-electron chi connectivity index (χ3n) is 6.20. The molecule has 12 heteroatoms. The third-order valence-corrected chi connectivity index (χ3v) is 6.20. The second-order valence-electron chi connectivity index (χ2n) is 8.26. The van der Waals surface area contributed by atoms with Gasteiger partial charge >= 0.3 is 0 Å². The average molecular weight is 476 g/mol. The van der Waals surface area contributed by atoms with Crippen molar-refractivity contribution in [3.8, 4) is 22.8 Å². The number of rotatable bonds is 2. The maximum atomic E-state index is 11.5. The van der Waals surface area contributed by atoms with Gasteiger partial charge in [0.05, 0.1) is 9.85 Å². The van der Waals surface area contributed by atoms with Crippen molar-refractivity contribution in [2.45, 2.75) is 0 Å². The molecule has 1 aliphatic rings. The second kappa shape index (κ2) is 6.99. The van der Waals surface area contributed by atoms with Crippen molar-refractivity contribution in [3.05, 3.63) is 80.9 Å². The molecule has 0 atom stereocenters. The Hall–Kier alpha value is -5.52. The number of nitro groups is 2. The van der Waals surface area contributed by atoms with Crippen molar-refractivity contribution in [2.24, 2.45) is 0 Å². The summed E-state index contributed by atoms with van der Waals surface area (Å²) in [7, 11) is 0. The highest BCUT2D eigenvalue weighted by Gasteiger charge is 2.23. The van der Waals surface area contributed by atoms with Crippen LogP contribution in [-0.2, 0) is 0 Å². The molecule has 172 valence electrons. The summed E-state index contributed by atoms with van der Waals surface area (Å²) in [6, 6.07) is 16.4. The monoisotopic (exact) mass is 476 g/mol.